The molecule has 11 rings (SSSR count). The normalized spacial score (nSPS) is 9.57. The molecule has 0 N–H and O–H groups in total. The summed E-state index contributed by atoms with van der Waals surface area (Å²) >= 11 is 0. The molecule has 0 atom stereocenters. The fourth-order valence-corrected chi connectivity index (χ4v) is 7.85. The minimum Gasteiger partial charge on any atom is -0.294 e. The summed E-state index contributed by atoms with van der Waals surface area (Å²) in [7, 11) is 8.07. The van der Waals surface area contributed by atoms with E-state index in [9.17, 15) is 9.59 Å². The summed E-state index contributed by atoms with van der Waals surface area (Å²) in [6, 6.07) is 69.4. The van der Waals surface area contributed by atoms with Gasteiger partial charge in [0, 0.05) is 101 Å². The van der Waals surface area contributed by atoms with Gasteiger partial charge in [0.15, 0.2) is 80.1 Å². The Bertz CT molecular complexity index is 3420. The van der Waals surface area contributed by atoms with Crippen molar-refractivity contribution < 1.29 is 37.0 Å². The maximum atomic E-state index is 11.9. The molecule has 0 saturated carbocycles. The molecule has 0 fully saturated rings. The molecule has 0 aliphatic heterocycles. The van der Waals surface area contributed by atoms with Crippen LogP contribution in [0.2, 0.25) is 0 Å². The highest BCUT2D eigenvalue weighted by molar-refractivity contribution is 5.96. The van der Waals surface area contributed by atoms with Crippen LogP contribution in [0.5, 0.6) is 0 Å². The van der Waals surface area contributed by atoms with Gasteiger partial charge in [-0.25, -0.2) is 18.3 Å². The Labute approximate surface area is 535 Å². The number of rotatable bonds is 7. The summed E-state index contributed by atoms with van der Waals surface area (Å²) < 4.78 is 12.1. The van der Waals surface area contributed by atoms with Crippen molar-refractivity contribution >= 4 is 11.6 Å². The number of Topliss-reactive ketones (excluding diaryl/α,β-unsaturated/α-hetero) is 2. The van der Waals surface area contributed by atoms with Crippen LogP contribution in [-0.2, 0) is 41.2 Å². The summed E-state index contributed by atoms with van der Waals surface area (Å²) in [6.45, 7) is 25.2. The summed E-state index contributed by atoms with van der Waals surface area (Å²) in [5.74, 6) is 0.348. The summed E-state index contributed by atoms with van der Waals surface area (Å²) in [6.07, 6.45) is 26.0. The first-order valence-electron chi connectivity index (χ1n) is 30.6. The van der Waals surface area contributed by atoms with Gasteiger partial charge in [-0.1, -0.05) is 169 Å². The van der Waals surface area contributed by atoms with Gasteiger partial charge in [0.25, 0.3) is 0 Å². The minimum atomic E-state index is 0.135. The van der Waals surface area contributed by atoms with Crippen LogP contribution in [0, 0.1) is 69.2 Å². The number of hydrogen-bond acceptors (Lipinski definition) is 2. The Kier molecular flexibility index (Phi) is 34.9. The van der Waals surface area contributed by atoms with Gasteiger partial charge in [-0.15, -0.1) is 0 Å². The van der Waals surface area contributed by atoms with E-state index in [0.717, 1.165) is 17.5 Å². The molecule has 6 heterocycles. The Hall–Kier alpha value is -9.66. The van der Waals surface area contributed by atoms with Crippen molar-refractivity contribution in [2.45, 2.75) is 102 Å². The Morgan fingerprint density at radius 2 is 0.607 bits per heavy atom. The molecule has 0 bridgehead atoms. The first-order chi connectivity index (χ1) is 42.6. The molecule has 0 saturated heterocycles. The number of benzene rings is 5. The monoisotopic (exact) mass is 1190 g/mol. The zero-order valence-corrected chi connectivity index (χ0v) is 56.2. The van der Waals surface area contributed by atoms with E-state index in [1.807, 2.05) is 231 Å². The van der Waals surface area contributed by atoms with Crippen LogP contribution in [0.3, 0.4) is 0 Å². The smallest absolute Gasteiger partial charge is 0.227 e. The van der Waals surface area contributed by atoms with E-state index in [4.69, 9.17) is 0 Å². The second-order valence-electron chi connectivity index (χ2n) is 22.3. The zero-order valence-electron chi connectivity index (χ0n) is 56.2. The molecule has 0 spiro atoms. The summed E-state index contributed by atoms with van der Waals surface area (Å²) in [5, 5.41) is 0. The van der Waals surface area contributed by atoms with E-state index < -0.39 is 0 Å². The highest BCUT2D eigenvalue weighted by atomic mass is 16.1. The fourth-order valence-electron chi connectivity index (χ4n) is 7.85. The third kappa shape index (κ3) is 33.7. The van der Waals surface area contributed by atoms with Crippen LogP contribution in [0.1, 0.15) is 102 Å². The standard InChI is InChI=1S/C14H14NO.C12H12N.C10H12O.C9H12.C8H10.4C7H10N/c1-12-5-7-13(8-6-12)14(16)11-15-9-3-2-4-10-15;1-11-5-7-12(8-6-11)13-9-3-2-4-10-13;1-3-10(11)9-6-4-8(2)5-7-9;1-3-9-6-4-8(2)5-7-9;3*1-7-3-5-8(2)6-4-7;2*1-7-4-3-5-8(2)6-7/h2-10H,11H2,1H3;2-10H,1H3;4-7H,3H2,1-2H3;4-7H,3H2,1-2H3;5*3-6H,1-2H3/q2*+1;;;;4*+1. The van der Waals surface area contributed by atoms with E-state index in [2.05, 4.69) is 188 Å². The zero-order chi connectivity index (χ0) is 65.3. The number of nitrogens with zero attached hydrogens (tertiary/aromatic N) is 6. The number of pyridine rings is 6. The number of hydrogen-bond donors (Lipinski definition) is 0. The van der Waals surface area contributed by atoms with Crippen LogP contribution < -0.4 is 27.4 Å². The van der Waals surface area contributed by atoms with Gasteiger partial charge >= 0.3 is 0 Å². The number of aryl methyl sites for hydroxylation is 15. The molecule has 89 heavy (non-hydrogen) atoms. The average Bonchev–Trinajstić information content (AvgIpc) is 3.71. The molecule has 5 aromatic carbocycles. The van der Waals surface area contributed by atoms with Crippen LogP contribution in [0.25, 0.3) is 5.69 Å². The lowest BCUT2D eigenvalue weighted by molar-refractivity contribution is -0.683. The number of aromatic nitrogens is 6. The van der Waals surface area contributed by atoms with Crippen molar-refractivity contribution in [3.05, 3.63) is 353 Å². The van der Waals surface area contributed by atoms with Crippen molar-refractivity contribution in [2.24, 2.45) is 28.2 Å². The van der Waals surface area contributed by atoms with Crippen molar-refractivity contribution in [3.8, 4) is 5.69 Å². The molecule has 0 unspecified atom stereocenters. The highest BCUT2D eigenvalue weighted by Gasteiger charge is 2.11. The Morgan fingerprint density at radius 3 is 0.921 bits per heavy atom. The molecule has 0 amide bonds. The molecule has 6 aromatic heterocycles. The first-order valence-corrected chi connectivity index (χ1v) is 30.6. The number of carbonyl (C=O) groups excluding carboxylic acids is 2. The Balaban J connectivity index is 0.000000265. The van der Waals surface area contributed by atoms with E-state index in [0.29, 0.717) is 13.0 Å². The molecule has 0 aliphatic rings. The van der Waals surface area contributed by atoms with Crippen molar-refractivity contribution in [1.29, 1.82) is 0 Å². The highest BCUT2D eigenvalue weighted by Crippen LogP contribution is 2.07. The van der Waals surface area contributed by atoms with Crippen molar-refractivity contribution in [2.75, 3.05) is 0 Å². The van der Waals surface area contributed by atoms with Crippen LogP contribution >= 0.6 is 0 Å². The predicted octanol–water partition coefficient (Wildman–Crippen LogP) is 15.2. The number of ketones is 2. The SMILES string of the molecule is CCC(=O)c1ccc(C)cc1.CCc1ccc(C)cc1.Cc1cc[n+](C)cc1.Cc1cc[n+](C)cc1.Cc1ccc(-[n+]2ccccc2)cc1.Cc1ccc(C(=O)C[n+]2ccccc2)cc1.Cc1ccc(C)cc1.Cc1ccc[n+](C)c1.Cc1ccc[n+](C)c1. The van der Waals surface area contributed by atoms with Crippen LogP contribution in [-0.4, -0.2) is 11.6 Å². The third-order valence-electron chi connectivity index (χ3n) is 13.4. The fraction of sp³-hybridized carbons (Fsp3) is 0.235. The van der Waals surface area contributed by atoms with Gasteiger partial charge in [-0.3, -0.25) is 9.59 Å². The van der Waals surface area contributed by atoms with E-state index in [1.165, 1.54) is 66.9 Å². The lowest BCUT2D eigenvalue weighted by Gasteiger charge is -1.98. The van der Waals surface area contributed by atoms with E-state index >= 15 is 0 Å². The minimum absolute atomic E-state index is 0.135. The van der Waals surface area contributed by atoms with Gasteiger partial charge in [-0.05, 0) is 104 Å². The molecule has 0 aliphatic carbocycles. The first kappa shape index (κ1) is 73.6. The molecule has 8 heteroatoms. The third-order valence-corrected chi connectivity index (χ3v) is 13.4. The van der Waals surface area contributed by atoms with E-state index in [-0.39, 0.29) is 11.6 Å². The topological polar surface area (TPSA) is 57.4 Å². The maximum Gasteiger partial charge on any atom is 0.227 e. The molecular formula is C81H100N6O2+6. The molecular weight excluding hydrogens is 1090 g/mol. The van der Waals surface area contributed by atoms with Gasteiger partial charge in [0.05, 0.1) is 0 Å². The van der Waals surface area contributed by atoms with Crippen LogP contribution in [0.15, 0.2) is 281 Å². The largest absolute Gasteiger partial charge is 0.294 e. The van der Waals surface area contributed by atoms with Gasteiger partial charge < -0.3 is 0 Å². The maximum absolute atomic E-state index is 11.9. The van der Waals surface area contributed by atoms with Gasteiger partial charge in [-0.2, -0.15) is 9.13 Å². The predicted molar refractivity (Wildman–Crippen MR) is 367 cm³/mol. The molecule has 460 valence electrons. The van der Waals surface area contributed by atoms with Crippen molar-refractivity contribution in [1.82, 2.24) is 0 Å². The van der Waals surface area contributed by atoms with Gasteiger partial charge in [0.1, 0.15) is 28.2 Å². The van der Waals surface area contributed by atoms with Crippen LogP contribution in [0.4, 0.5) is 0 Å². The summed E-state index contributed by atoms with van der Waals surface area (Å²) in [5.41, 5.74) is 17.1. The second-order valence-corrected chi connectivity index (χ2v) is 22.3. The summed E-state index contributed by atoms with van der Waals surface area (Å²) in [4.78, 5) is 23.0. The second kappa shape index (κ2) is 42.2. The quantitative estimate of drug-likeness (QED) is 0.118. The lowest BCUT2D eigenvalue weighted by atomic mass is 10.1. The molecule has 0 radical (unpaired) electrons. The average molecular weight is 1190 g/mol. The van der Waals surface area contributed by atoms with E-state index in [1.54, 1.807) is 0 Å². The number of carbonyl (C=O) groups is 2. The molecule has 11 aromatic rings. The lowest BCUT2D eigenvalue weighted by Crippen LogP contribution is -2.36. The van der Waals surface area contributed by atoms with Crippen molar-refractivity contribution in [3.63, 3.8) is 0 Å². The Morgan fingerprint density at radius 1 is 0.292 bits per heavy atom. The molecule has 8 nitrogen and oxygen atoms in total. The van der Waals surface area contributed by atoms with Gasteiger partial charge in [0.2, 0.25) is 18.0 Å².